The fourth-order valence-corrected chi connectivity index (χ4v) is 2.47. The first-order valence-corrected chi connectivity index (χ1v) is 7.65. The van der Waals surface area contributed by atoms with E-state index in [2.05, 4.69) is 4.99 Å². The van der Waals surface area contributed by atoms with Crippen LogP contribution in [0.1, 0.15) is 43.6 Å². The number of thioether (sulfide) groups is 1. The Balaban J connectivity index is 2.90. The Labute approximate surface area is 124 Å². The van der Waals surface area contributed by atoms with Crippen LogP contribution in [0.4, 0.5) is 0 Å². The van der Waals surface area contributed by atoms with E-state index in [1.807, 2.05) is 32.9 Å². The van der Waals surface area contributed by atoms with Crippen molar-refractivity contribution in [3.8, 4) is 5.75 Å². The first kappa shape index (κ1) is 16.6. The Kier molecular flexibility index (Phi) is 6.58. The van der Waals surface area contributed by atoms with E-state index in [4.69, 9.17) is 10.5 Å². The molecule has 0 aliphatic heterocycles. The highest BCUT2D eigenvalue weighted by molar-refractivity contribution is 8.13. The highest BCUT2D eigenvalue weighted by Gasteiger charge is 2.09. The van der Waals surface area contributed by atoms with Crippen LogP contribution in [0.2, 0.25) is 0 Å². The minimum atomic E-state index is 0.0446. The molecule has 0 atom stereocenters. The topological polar surface area (TPSA) is 64.7 Å². The van der Waals surface area contributed by atoms with Gasteiger partial charge in [-0.3, -0.25) is 9.79 Å². The summed E-state index contributed by atoms with van der Waals surface area (Å²) >= 11 is 1.45. The second-order valence-corrected chi connectivity index (χ2v) is 5.66. The Morgan fingerprint density at radius 1 is 1.45 bits per heavy atom. The van der Waals surface area contributed by atoms with Gasteiger partial charge in [-0.15, -0.1) is 0 Å². The monoisotopic (exact) mass is 294 g/mol. The van der Waals surface area contributed by atoms with Crippen molar-refractivity contribution in [1.29, 1.82) is 0 Å². The van der Waals surface area contributed by atoms with Crippen molar-refractivity contribution >= 4 is 22.7 Å². The number of aliphatic imine (C=N–C) groups is 1. The number of amidine groups is 1. The highest BCUT2D eigenvalue weighted by Crippen LogP contribution is 2.25. The van der Waals surface area contributed by atoms with Crippen LogP contribution >= 0.6 is 11.8 Å². The summed E-state index contributed by atoms with van der Waals surface area (Å²) in [6.07, 6.45) is 0. The summed E-state index contributed by atoms with van der Waals surface area (Å²) in [6.45, 7) is 8.04. The van der Waals surface area contributed by atoms with Crippen LogP contribution in [0.3, 0.4) is 0 Å². The zero-order chi connectivity index (χ0) is 15.1. The molecule has 0 aliphatic rings. The molecule has 4 nitrogen and oxygen atoms in total. The van der Waals surface area contributed by atoms with Gasteiger partial charge >= 0.3 is 0 Å². The highest BCUT2D eigenvalue weighted by atomic mass is 32.2. The molecule has 1 aromatic rings. The van der Waals surface area contributed by atoms with Gasteiger partial charge in [-0.05, 0) is 45.9 Å². The molecule has 0 unspecified atom stereocenters. The molecule has 0 amide bonds. The van der Waals surface area contributed by atoms with Gasteiger partial charge in [0.1, 0.15) is 5.75 Å². The summed E-state index contributed by atoms with van der Waals surface area (Å²) in [5.41, 5.74) is 7.50. The van der Waals surface area contributed by atoms with Gasteiger partial charge < -0.3 is 10.5 Å². The fraction of sp³-hybridized carbons (Fsp3) is 0.467. The number of ketones is 1. The predicted molar refractivity (Wildman–Crippen MR) is 85.7 cm³/mol. The smallest absolute Gasteiger partial charge is 0.159 e. The molecule has 110 valence electrons. The molecular weight excluding hydrogens is 272 g/mol. The van der Waals surface area contributed by atoms with Crippen LogP contribution in [-0.2, 0) is 5.75 Å². The molecule has 20 heavy (non-hydrogen) atoms. The van der Waals surface area contributed by atoms with E-state index in [-0.39, 0.29) is 11.8 Å². The minimum Gasteiger partial charge on any atom is -0.494 e. The molecule has 0 saturated carbocycles. The van der Waals surface area contributed by atoms with Crippen LogP contribution in [0.15, 0.2) is 23.2 Å². The molecule has 0 bridgehead atoms. The van der Waals surface area contributed by atoms with Crippen LogP contribution in [0.25, 0.3) is 0 Å². The summed E-state index contributed by atoms with van der Waals surface area (Å²) < 4.78 is 5.58. The molecule has 2 N–H and O–H groups in total. The number of nitrogens with two attached hydrogens (primary N) is 1. The SMILES string of the molecule is CCOc1ccc(C(C)=O)cc1CSC(N)=NC(C)C. The van der Waals surface area contributed by atoms with E-state index >= 15 is 0 Å². The van der Waals surface area contributed by atoms with Gasteiger partial charge in [-0.25, -0.2) is 0 Å². The molecule has 0 radical (unpaired) electrons. The predicted octanol–water partition coefficient (Wildman–Crippen LogP) is 3.24. The number of nitrogens with zero attached hydrogens (tertiary/aromatic N) is 1. The van der Waals surface area contributed by atoms with Crippen molar-refractivity contribution in [1.82, 2.24) is 0 Å². The van der Waals surface area contributed by atoms with Gasteiger partial charge in [-0.1, -0.05) is 11.8 Å². The zero-order valence-electron chi connectivity index (χ0n) is 12.5. The summed E-state index contributed by atoms with van der Waals surface area (Å²) in [4.78, 5) is 15.7. The van der Waals surface area contributed by atoms with Gasteiger partial charge in [0.25, 0.3) is 0 Å². The molecule has 1 rings (SSSR count). The van der Waals surface area contributed by atoms with Crippen LogP contribution in [-0.4, -0.2) is 23.6 Å². The maximum Gasteiger partial charge on any atom is 0.159 e. The third kappa shape index (κ3) is 5.25. The number of hydrogen-bond acceptors (Lipinski definition) is 4. The van der Waals surface area contributed by atoms with Crippen molar-refractivity contribution in [3.05, 3.63) is 29.3 Å². The van der Waals surface area contributed by atoms with E-state index in [1.165, 1.54) is 11.8 Å². The Bertz CT molecular complexity index is 499. The maximum absolute atomic E-state index is 11.5. The molecule has 1 aromatic carbocycles. The van der Waals surface area contributed by atoms with E-state index in [9.17, 15) is 4.79 Å². The molecule has 0 spiro atoms. The molecule has 0 aromatic heterocycles. The van der Waals surface area contributed by atoms with Gasteiger partial charge in [0.15, 0.2) is 11.0 Å². The van der Waals surface area contributed by atoms with Gasteiger partial charge in [-0.2, -0.15) is 0 Å². The second kappa shape index (κ2) is 7.94. The normalized spacial score (nSPS) is 11.8. The minimum absolute atomic E-state index is 0.0446. The molecule has 0 heterocycles. The Morgan fingerprint density at radius 3 is 2.70 bits per heavy atom. The lowest BCUT2D eigenvalue weighted by atomic mass is 10.1. The fourth-order valence-electron chi connectivity index (χ4n) is 1.65. The lowest BCUT2D eigenvalue weighted by Crippen LogP contribution is -2.10. The van der Waals surface area contributed by atoms with E-state index in [0.29, 0.717) is 23.1 Å². The maximum atomic E-state index is 11.5. The van der Waals surface area contributed by atoms with E-state index in [1.54, 1.807) is 13.0 Å². The molecule has 0 aliphatic carbocycles. The van der Waals surface area contributed by atoms with Crippen LogP contribution in [0.5, 0.6) is 5.75 Å². The lowest BCUT2D eigenvalue weighted by Gasteiger charge is -2.11. The van der Waals surface area contributed by atoms with Crippen LogP contribution < -0.4 is 10.5 Å². The summed E-state index contributed by atoms with van der Waals surface area (Å²) in [5, 5.41) is 0.552. The number of ether oxygens (including phenoxy) is 1. The zero-order valence-corrected chi connectivity index (χ0v) is 13.3. The van der Waals surface area contributed by atoms with Crippen molar-refractivity contribution in [3.63, 3.8) is 0 Å². The van der Waals surface area contributed by atoms with E-state index < -0.39 is 0 Å². The number of Topliss-reactive ketones (excluding diaryl/α,β-unsaturated/α-hetero) is 1. The summed E-state index contributed by atoms with van der Waals surface area (Å²) in [7, 11) is 0. The third-order valence-electron chi connectivity index (χ3n) is 2.53. The standard InChI is InChI=1S/C15H22N2O2S/c1-5-19-14-7-6-12(11(4)18)8-13(14)9-20-15(16)17-10(2)3/h6-8,10H,5,9H2,1-4H3,(H2,16,17). The quantitative estimate of drug-likeness (QED) is 0.497. The number of rotatable bonds is 6. The van der Waals surface area contributed by atoms with E-state index in [0.717, 1.165) is 11.3 Å². The number of hydrogen-bond donors (Lipinski definition) is 1. The first-order chi connectivity index (χ1) is 9.43. The summed E-state index contributed by atoms with van der Waals surface area (Å²) in [6, 6.07) is 5.67. The summed E-state index contributed by atoms with van der Waals surface area (Å²) in [5.74, 6) is 1.48. The number of carbonyl (C=O) groups excluding carboxylic acids is 1. The first-order valence-electron chi connectivity index (χ1n) is 6.66. The third-order valence-corrected chi connectivity index (χ3v) is 3.38. The molecular formula is C15H22N2O2S. The average Bonchev–Trinajstić information content (AvgIpc) is 2.36. The average molecular weight is 294 g/mol. The van der Waals surface area contributed by atoms with Crippen molar-refractivity contribution in [2.24, 2.45) is 10.7 Å². The molecule has 0 saturated heterocycles. The van der Waals surface area contributed by atoms with Crippen molar-refractivity contribution in [2.45, 2.75) is 39.5 Å². The Hall–Kier alpha value is -1.49. The second-order valence-electron chi connectivity index (χ2n) is 4.66. The number of carbonyl (C=O) groups is 1. The number of benzene rings is 1. The van der Waals surface area contributed by atoms with Crippen molar-refractivity contribution in [2.75, 3.05) is 6.61 Å². The van der Waals surface area contributed by atoms with Gasteiger partial charge in [0.2, 0.25) is 0 Å². The Morgan fingerprint density at radius 2 is 2.15 bits per heavy atom. The molecule has 0 fully saturated rings. The van der Waals surface area contributed by atoms with Crippen LogP contribution in [0, 0.1) is 0 Å². The van der Waals surface area contributed by atoms with Gasteiger partial charge in [0, 0.05) is 22.9 Å². The lowest BCUT2D eigenvalue weighted by molar-refractivity contribution is 0.101. The van der Waals surface area contributed by atoms with Gasteiger partial charge in [0.05, 0.1) is 6.61 Å². The largest absolute Gasteiger partial charge is 0.494 e. The molecule has 5 heteroatoms. The van der Waals surface area contributed by atoms with Crippen molar-refractivity contribution < 1.29 is 9.53 Å².